The average molecular weight is 734 g/mol. The molecule has 5 atom stereocenters. The highest BCUT2D eigenvalue weighted by Gasteiger charge is 2.54. The summed E-state index contributed by atoms with van der Waals surface area (Å²) < 4.78 is 26.3. The van der Waals surface area contributed by atoms with E-state index in [0.717, 1.165) is 74.9 Å². The second-order valence-electron chi connectivity index (χ2n) is 15.0. The van der Waals surface area contributed by atoms with Crippen LogP contribution in [0, 0.1) is 11.8 Å². The van der Waals surface area contributed by atoms with Gasteiger partial charge in [0, 0.05) is 35.9 Å². The van der Waals surface area contributed by atoms with Crippen LogP contribution in [-0.4, -0.2) is 40.8 Å². The predicted octanol–water partition coefficient (Wildman–Crippen LogP) is 9.63. The molecule has 0 saturated carbocycles. The molecule has 0 amide bonds. The Morgan fingerprint density at radius 1 is 0.764 bits per heavy atom. The standard InChI is InChI=1S/C48H49N2O5/c1-3-38-30-50(24-22-39(38)27-44(50)47(51)41-21-23-49-43-20-19-40(52-2)28-42(41)43)29-37-25-45(53-31-34-13-7-4-8-14-34)48(55-33-36-17-11-6-12-18-36)46(26-37)54-32-35-15-9-5-10-16-35/h3-21,23,25-26,28,38-39,44,47,51H,1,22,24,27,29-33H2,2H3/q+1/t38?,39?,44-,47+,50?/m0/s1. The first-order valence-electron chi connectivity index (χ1n) is 19.3. The number of aromatic nitrogens is 1. The van der Waals surface area contributed by atoms with E-state index in [0.29, 0.717) is 55.4 Å². The van der Waals surface area contributed by atoms with Crippen LogP contribution in [0.2, 0.25) is 0 Å². The van der Waals surface area contributed by atoms with Crippen molar-refractivity contribution in [2.75, 3.05) is 20.2 Å². The fourth-order valence-corrected chi connectivity index (χ4v) is 8.76. The number of hydrogen-bond donors (Lipinski definition) is 1. The molecule has 9 rings (SSSR count). The molecule has 3 unspecified atom stereocenters. The Balaban J connectivity index is 1.19. The van der Waals surface area contributed by atoms with Gasteiger partial charge in [-0.1, -0.05) is 97.1 Å². The van der Waals surface area contributed by atoms with Gasteiger partial charge in [-0.05, 0) is 64.6 Å². The van der Waals surface area contributed by atoms with Crippen LogP contribution in [0.25, 0.3) is 10.9 Å². The average Bonchev–Trinajstić information content (AvgIpc) is 3.24. The smallest absolute Gasteiger partial charge is 0.203 e. The van der Waals surface area contributed by atoms with Crippen molar-refractivity contribution >= 4 is 10.9 Å². The molecule has 0 aliphatic carbocycles. The summed E-state index contributed by atoms with van der Waals surface area (Å²) >= 11 is 0. The summed E-state index contributed by atoms with van der Waals surface area (Å²) in [7, 11) is 1.67. The van der Waals surface area contributed by atoms with Gasteiger partial charge in [0.25, 0.3) is 0 Å². The number of nitrogens with zero attached hydrogens (tertiary/aromatic N) is 2. The minimum atomic E-state index is -0.706. The monoisotopic (exact) mass is 733 g/mol. The maximum absolute atomic E-state index is 12.5. The molecular formula is C48H49N2O5+. The number of aliphatic hydroxyl groups excluding tert-OH is 1. The highest BCUT2D eigenvalue weighted by Crippen LogP contribution is 2.49. The van der Waals surface area contributed by atoms with Gasteiger partial charge in [-0.3, -0.25) is 4.98 Å². The Morgan fingerprint density at radius 2 is 1.36 bits per heavy atom. The number of benzene rings is 5. The summed E-state index contributed by atoms with van der Waals surface area (Å²) in [6, 6.07) is 42.6. The topological polar surface area (TPSA) is 70.0 Å². The summed E-state index contributed by atoms with van der Waals surface area (Å²) in [5.74, 6) is 3.43. The van der Waals surface area contributed by atoms with Crippen LogP contribution in [-0.2, 0) is 26.4 Å². The first-order chi connectivity index (χ1) is 27.0. The number of methoxy groups -OCH3 is 1. The number of quaternary nitrogens is 1. The van der Waals surface area contributed by atoms with Crippen LogP contribution in [0.3, 0.4) is 0 Å². The van der Waals surface area contributed by atoms with Crippen molar-refractivity contribution in [1.82, 2.24) is 4.98 Å². The minimum Gasteiger partial charge on any atom is -0.497 e. The van der Waals surface area contributed by atoms with E-state index in [2.05, 4.69) is 66.2 Å². The van der Waals surface area contributed by atoms with Crippen molar-refractivity contribution in [2.45, 2.75) is 51.4 Å². The van der Waals surface area contributed by atoms with E-state index in [9.17, 15) is 5.11 Å². The molecule has 3 aliphatic heterocycles. The lowest BCUT2D eigenvalue weighted by atomic mass is 9.71. The Labute approximate surface area is 324 Å². The normalized spacial score (nSPS) is 20.8. The van der Waals surface area contributed by atoms with E-state index in [4.69, 9.17) is 18.9 Å². The number of rotatable bonds is 15. The lowest BCUT2D eigenvalue weighted by molar-refractivity contribution is -0.984. The van der Waals surface area contributed by atoms with E-state index in [1.807, 2.05) is 85.1 Å². The maximum Gasteiger partial charge on any atom is 0.203 e. The van der Waals surface area contributed by atoms with Crippen LogP contribution < -0.4 is 18.9 Å². The molecule has 0 spiro atoms. The summed E-state index contributed by atoms with van der Waals surface area (Å²) in [4.78, 5) is 4.62. The molecule has 1 aromatic heterocycles. The zero-order chi connectivity index (χ0) is 37.6. The van der Waals surface area contributed by atoms with Crippen LogP contribution in [0.4, 0.5) is 0 Å². The molecule has 55 heavy (non-hydrogen) atoms. The molecule has 3 fully saturated rings. The number of aliphatic hydroxyl groups is 1. The van der Waals surface area contributed by atoms with Crippen LogP contribution >= 0.6 is 0 Å². The van der Waals surface area contributed by atoms with Gasteiger partial charge in [0.05, 0.1) is 25.7 Å². The zero-order valence-corrected chi connectivity index (χ0v) is 31.4. The molecule has 7 nitrogen and oxygen atoms in total. The number of pyridine rings is 1. The lowest BCUT2D eigenvalue weighted by Gasteiger charge is -2.58. The molecule has 280 valence electrons. The summed E-state index contributed by atoms with van der Waals surface area (Å²) in [6.45, 7) is 7.93. The lowest BCUT2D eigenvalue weighted by Crippen LogP contribution is -2.67. The molecule has 5 aromatic carbocycles. The molecule has 3 aliphatic rings. The first kappa shape index (κ1) is 36.4. The van der Waals surface area contributed by atoms with Crippen molar-refractivity contribution in [3.05, 3.63) is 174 Å². The van der Waals surface area contributed by atoms with E-state index in [1.165, 1.54) is 0 Å². The van der Waals surface area contributed by atoms with Crippen LogP contribution in [0.5, 0.6) is 23.0 Å². The van der Waals surface area contributed by atoms with Crippen molar-refractivity contribution in [3.63, 3.8) is 0 Å². The fourth-order valence-electron chi connectivity index (χ4n) is 8.76. The Kier molecular flexibility index (Phi) is 10.8. The van der Waals surface area contributed by atoms with Crippen LogP contribution in [0.15, 0.2) is 146 Å². The second-order valence-corrected chi connectivity index (χ2v) is 15.0. The van der Waals surface area contributed by atoms with Gasteiger partial charge in [-0.25, -0.2) is 0 Å². The van der Waals surface area contributed by atoms with Crippen LogP contribution in [0.1, 0.15) is 46.8 Å². The second kappa shape index (κ2) is 16.4. The van der Waals surface area contributed by atoms with Gasteiger partial charge in [0.15, 0.2) is 11.5 Å². The fraction of sp³-hybridized carbons (Fsp3) is 0.271. The minimum absolute atomic E-state index is 0.0388. The highest BCUT2D eigenvalue weighted by atomic mass is 16.5. The Morgan fingerprint density at radius 3 is 1.95 bits per heavy atom. The molecule has 4 heterocycles. The van der Waals surface area contributed by atoms with Gasteiger partial charge >= 0.3 is 0 Å². The van der Waals surface area contributed by atoms with Crippen molar-refractivity contribution in [1.29, 1.82) is 0 Å². The zero-order valence-electron chi connectivity index (χ0n) is 31.4. The molecule has 3 saturated heterocycles. The van der Waals surface area contributed by atoms with Gasteiger partial charge in [0.2, 0.25) is 5.75 Å². The van der Waals surface area contributed by atoms with E-state index in [-0.39, 0.29) is 6.04 Å². The number of piperidine rings is 3. The Bertz CT molecular complexity index is 2150. The van der Waals surface area contributed by atoms with Crippen molar-refractivity contribution in [3.8, 4) is 23.0 Å². The van der Waals surface area contributed by atoms with Gasteiger partial charge in [-0.15, -0.1) is 6.58 Å². The molecule has 0 radical (unpaired) electrons. The SMILES string of the molecule is C=CC1C[N+]2(Cc3cc(OCc4ccccc4)c(OCc4ccccc4)c(OCc4ccccc4)c3)CCC1C[C@H]2[C@H](O)c1ccnc2ccc(OC)cc12. The summed E-state index contributed by atoms with van der Waals surface area (Å²) in [5.41, 5.74) is 5.98. The quantitative estimate of drug-likeness (QED) is 0.0838. The molecule has 6 aromatic rings. The Hall–Kier alpha value is -5.63. The number of ether oxygens (including phenoxy) is 4. The molecule has 2 bridgehead atoms. The van der Waals surface area contributed by atoms with Gasteiger partial charge in [-0.2, -0.15) is 0 Å². The largest absolute Gasteiger partial charge is 0.497 e. The molecule has 1 N–H and O–H groups in total. The maximum atomic E-state index is 12.5. The van der Waals surface area contributed by atoms with Gasteiger partial charge < -0.3 is 28.5 Å². The molecule has 7 heteroatoms. The number of fused-ring (bicyclic) bond motifs is 4. The first-order valence-corrected chi connectivity index (χ1v) is 19.3. The predicted molar refractivity (Wildman–Crippen MR) is 216 cm³/mol. The summed E-state index contributed by atoms with van der Waals surface area (Å²) in [6.07, 6.45) is 5.22. The van der Waals surface area contributed by atoms with Crippen molar-refractivity contribution in [2.24, 2.45) is 11.8 Å². The van der Waals surface area contributed by atoms with E-state index >= 15 is 0 Å². The third-order valence-corrected chi connectivity index (χ3v) is 11.6. The van der Waals surface area contributed by atoms with E-state index in [1.54, 1.807) is 7.11 Å². The third kappa shape index (κ3) is 7.95. The van der Waals surface area contributed by atoms with Crippen molar-refractivity contribution < 1.29 is 28.5 Å². The third-order valence-electron chi connectivity index (χ3n) is 11.6. The number of hydrogen-bond acceptors (Lipinski definition) is 6. The van der Waals surface area contributed by atoms with E-state index < -0.39 is 6.10 Å². The van der Waals surface area contributed by atoms with Gasteiger partial charge in [0.1, 0.15) is 44.3 Å². The summed E-state index contributed by atoms with van der Waals surface area (Å²) in [5, 5.41) is 13.4. The highest BCUT2D eigenvalue weighted by molar-refractivity contribution is 5.84. The molecular weight excluding hydrogens is 685 g/mol.